The number of amides is 1. The van der Waals surface area contributed by atoms with E-state index >= 15 is 0 Å². The lowest BCUT2D eigenvalue weighted by Crippen LogP contribution is -2.51. The van der Waals surface area contributed by atoms with Crippen LogP contribution >= 0.6 is 0 Å². The highest BCUT2D eigenvalue weighted by atomic mass is 16.6. The molecule has 128 valence electrons. The van der Waals surface area contributed by atoms with Crippen LogP contribution in [0.5, 0.6) is 0 Å². The molecule has 2 aliphatic carbocycles. The Kier molecular flexibility index (Phi) is 5.76. The van der Waals surface area contributed by atoms with Crippen LogP contribution in [0.2, 0.25) is 0 Å². The molecule has 0 heterocycles. The van der Waals surface area contributed by atoms with Gasteiger partial charge in [-0.05, 0) is 78.1 Å². The van der Waals surface area contributed by atoms with E-state index in [1.165, 1.54) is 12.8 Å². The molecule has 2 rings (SSSR count). The molecule has 4 nitrogen and oxygen atoms in total. The first-order valence-corrected chi connectivity index (χ1v) is 8.95. The van der Waals surface area contributed by atoms with E-state index in [9.17, 15) is 9.90 Å². The zero-order valence-electron chi connectivity index (χ0n) is 14.7. The average molecular weight is 311 g/mol. The zero-order chi connectivity index (χ0) is 16.3. The number of ether oxygens (including phenoxy) is 1. The summed E-state index contributed by atoms with van der Waals surface area (Å²) in [7, 11) is 0. The van der Waals surface area contributed by atoms with Crippen molar-refractivity contribution in [3.63, 3.8) is 0 Å². The van der Waals surface area contributed by atoms with Crippen LogP contribution in [-0.4, -0.2) is 39.9 Å². The van der Waals surface area contributed by atoms with Gasteiger partial charge >= 0.3 is 6.09 Å². The highest BCUT2D eigenvalue weighted by Crippen LogP contribution is 2.33. The third-order valence-electron chi connectivity index (χ3n) is 5.04. The molecule has 4 heteroatoms. The monoisotopic (exact) mass is 311 g/mol. The molecular formula is C18H33NO3. The van der Waals surface area contributed by atoms with Crippen molar-refractivity contribution in [1.82, 2.24) is 4.90 Å². The van der Waals surface area contributed by atoms with Crippen LogP contribution in [0, 0.1) is 5.92 Å². The smallest absolute Gasteiger partial charge is 0.410 e. The van der Waals surface area contributed by atoms with Crippen LogP contribution < -0.4 is 0 Å². The van der Waals surface area contributed by atoms with Gasteiger partial charge in [0.25, 0.3) is 0 Å². The van der Waals surface area contributed by atoms with E-state index in [1.807, 2.05) is 25.7 Å². The lowest BCUT2D eigenvalue weighted by atomic mass is 9.84. The Morgan fingerprint density at radius 2 is 1.41 bits per heavy atom. The predicted molar refractivity (Wildman–Crippen MR) is 87.8 cm³/mol. The summed E-state index contributed by atoms with van der Waals surface area (Å²) in [5.41, 5.74) is -0.453. The molecule has 0 spiro atoms. The molecular weight excluding hydrogens is 278 g/mol. The van der Waals surface area contributed by atoms with Gasteiger partial charge in [0.15, 0.2) is 0 Å². The Labute approximate surface area is 135 Å². The maximum absolute atomic E-state index is 12.8. The summed E-state index contributed by atoms with van der Waals surface area (Å²) in [6.07, 6.45) is 7.59. The maximum atomic E-state index is 12.8. The summed E-state index contributed by atoms with van der Waals surface area (Å²) in [4.78, 5) is 14.8. The highest BCUT2D eigenvalue weighted by molar-refractivity contribution is 5.69. The van der Waals surface area contributed by atoms with E-state index in [2.05, 4.69) is 6.92 Å². The van der Waals surface area contributed by atoms with Gasteiger partial charge in [-0.1, -0.05) is 6.92 Å². The minimum atomic E-state index is -0.453. The van der Waals surface area contributed by atoms with Crippen LogP contribution in [0.1, 0.15) is 79.1 Å². The Bertz CT molecular complexity index is 339. The molecule has 0 atom stereocenters. The SMILES string of the molecule is CC1CCC(N(C(=O)OC(C)(C)C)C2CCC(O)CC2)CC1. The van der Waals surface area contributed by atoms with Gasteiger partial charge in [0.1, 0.15) is 5.60 Å². The first-order chi connectivity index (χ1) is 10.3. The fraction of sp³-hybridized carbons (Fsp3) is 0.944. The number of carbonyl (C=O) groups excluding carboxylic acids is 1. The van der Waals surface area contributed by atoms with Crippen molar-refractivity contribution in [2.75, 3.05) is 0 Å². The number of carbonyl (C=O) groups is 1. The van der Waals surface area contributed by atoms with Gasteiger partial charge in [0.05, 0.1) is 6.10 Å². The van der Waals surface area contributed by atoms with Gasteiger partial charge in [-0.3, -0.25) is 0 Å². The summed E-state index contributed by atoms with van der Waals surface area (Å²) < 4.78 is 5.68. The van der Waals surface area contributed by atoms with E-state index in [0.29, 0.717) is 6.04 Å². The molecule has 0 bridgehead atoms. The molecule has 0 radical (unpaired) electrons. The summed E-state index contributed by atoms with van der Waals surface area (Å²) in [6, 6.07) is 0.544. The highest BCUT2D eigenvalue weighted by Gasteiger charge is 2.37. The third-order valence-corrected chi connectivity index (χ3v) is 5.04. The van der Waals surface area contributed by atoms with Crippen molar-refractivity contribution in [1.29, 1.82) is 0 Å². The summed E-state index contributed by atoms with van der Waals surface area (Å²) >= 11 is 0. The largest absolute Gasteiger partial charge is 0.444 e. The average Bonchev–Trinajstić information content (AvgIpc) is 2.41. The maximum Gasteiger partial charge on any atom is 0.410 e. The quantitative estimate of drug-likeness (QED) is 0.835. The molecule has 1 N–H and O–H groups in total. The van der Waals surface area contributed by atoms with Crippen LogP contribution in [0.15, 0.2) is 0 Å². The number of aliphatic hydroxyl groups is 1. The second-order valence-corrected chi connectivity index (χ2v) is 8.26. The fourth-order valence-corrected chi connectivity index (χ4v) is 3.77. The van der Waals surface area contributed by atoms with Crippen LogP contribution in [0.25, 0.3) is 0 Å². The number of rotatable bonds is 2. The number of nitrogens with zero attached hydrogens (tertiary/aromatic N) is 1. The molecule has 2 fully saturated rings. The van der Waals surface area contributed by atoms with Crippen LogP contribution in [0.3, 0.4) is 0 Å². The second-order valence-electron chi connectivity index (χ2n) is 8.26. The Morgan fingerprint density at radius 1 is 0.955 bits per heavy atom. The molecule has 2 saturated carbocycles. The summed E-state index contributed by atoms with van der Waals surface area (Å²) in [5, 5.41) is 9.74. The van der Waals surface area contributed by atoms with Gasteiger partial charge in [-0.2, -0.15) is 0 Å². The lowest BCUT2D eigenvalue weighted by Gasteiger charge is -2.43. The first kappa shape index (κ1) is 17.6. The van der Waals surface area contributed by atoms with Crippen molar-refractivity contribution in [3.05, 3.63) is 0 Å². The summed E-state index contributed by atoms with van der Waals surface area (Å²) in [6.45, 7) is 8.08. The van der Waals surface area contributed by atoms with Crippen molar-refractivity contribution >= 4 is 6.09 Å². The first-order valence-electron chi connectivity index (χ1n) is 8.95. The van der Waals surface area contributed by atoms with E-state index in [0.717, 1.165) is 44.4 Å². The van der Waals surface area contributed by atoms with Gasteiger partial charge in [-0.15, -0.1) is 0 Å². The minimum Gasteiger partial charge on any atom is -0.444 e. The number of aliphatic hydroxyl groups excluding tert-OH is 1. The third kappa shape index (κ3) is 4.87. The van der Waals surface area contributed by atoms with Crippen molar-refractivity contribution < 1.29 is 14.6 Å². The van der Waals surface area contributed by atoms with Crippen molar-refractivity contribution in [2.45, 2.75) is 103 Å². The van der Waals surface area contributed by atoms with Gasteiger partial charge in [-0.25, -0.2) is 4.79 Å². The Balaban J connectivity index is 2.08. The topological polar surface area (TPSA) is 49.8 Å². The number of hydrogen-bond acceptors (Lipinski definition) is 3. The van der Waals surface area contributed by atoms with Gasteiger partial charge in [0.2, 0.25) is 0 Å². The lowest BCUT2D eigenvalue weighted by molar-refractivity contribution is -0.0141. The fourth-order valence-electron chi connectivity index (χ4n) is 3.77. The molecule has 0 aliphatic heterocycles. The molecule has 22 heavy (non-hydrogen) atoms. The Morgan fingerprint density at radius 3 is 1.86 bits per heavy atom. The second kappa shape index (κ2) is 7.20. The summed E-state index contributed by atoms with van der Waals surface area (Å²) in [5.74, 6) is 0.768. The van der Waals surface area contributed by atoms with E-state index in [1.54, 1.807) is 0 Å². The minimum absolute atomic E-state index is 0.159. The number of hydrogen-bond donors (Lipinski definition) is 1. The molecule has 1 amide bonds. The van der Waals surface area contributed by atoms with E-state index in [-0.39, 0.29) is 18.2 Å². The molecule has 0 aromatic carbocycles. The molecule has 0 saturated heterocycles. The Hall–Kier alpha value is -0.770. The van der Waals surface area contributed by atoms with Crippen LogP contribution in [0.4, 0.5) is 4.79 Å². The molecule has 2 aliphatic rings. The molecule has 0 aromatic rings. The standard InChI is InChI=1S/C18H33NO3/c1-13-5-7-14(8-6-13)19(17(21)22-18(2,3)4)15-9-11-16(20)12-10-15/h13-16,20H,5-12H2,1-4H3. The zero-order valence-corrected chi connectivity index (χ0v) is 14.7. The molecule has 0 unspecified atom stereocenters. The van der Waals surface area contributed by atoms with E-state index < -0.39 is 5.60 Å². The van der Waals surface area contributed by atoms with Crippen molar-refractivity contribution in [2.24, 2.45) is 5.92 Å². The normalized spacial score (nSPS) is 33.3. The molecule has 0 aromatic heterocycles. The van der Waals surface area contributed by atoms with E-state index in [4.69, 9.17) is 4.74 Å². The van der Waals surface area contributed by atoms with Crippen LogP contribution in [-0.2, 0) is 4.74 Å². The van der Waals surface area contributed by atoms with Gasteiger partial charge in [0, 0.05) is 12.1 Å². The predicted octanol–water partition coefficient (Wildman–Crippen LogP) is 4.11. The van der Waals surface area contributed by atoms with Crippen molar-refractivity contribution in [3.8, 4) is 0 Å². The van der Waals surface area contributed by atoms with Gasteiger partial charge < -0.3 is 14.7 Å².